The SMILES string of the molecule is CC1(c2ccccc2)c2ccccc2-c2cccc(-c3ccc(N(c4ccccc4)c4ccc(-c5ccccc5)c(-c5cccc6c5C(c5ccccc5)(c5ccccc5)c5ccccc5-6)c4)cc3)c21. The van der Waals surface area contributed by atoms with Crippen LogP contribution in [-0.2, 0) is 10.8 Å². The van der Waals surface area contributed by atoms with Gasteiger partial charge in [0.15, 0.2) is 0 Å². The molecule has 1 unspecified atom stereocenters. The van der Waals surface area contributed by atoms with Crippen LogP contribution >= 0.6 is 0 Å². The number of anilines is 3. The highest BCUT2D eigenvalue weighted by atomic mass is 15.1. The van der Waals surface area contributed by atoms with Crippen LogP contribution < -0.4 is 4.90 Å². The standard InChI is InChI=1S/C69H49N/c1-68(50-25-9-3-10-26-50)64-39-19-17-33-58(64)60-36-21-35-57(66(60)68)49-41-43-54(44-42-49)70(53-31-15-6-16-32-53)55-45-46-56(48-23-7-2-8-24-48)63(47-55)62-38-22-37-61-59-34-18-20-40-65(59)69(67(61)62,51-27-11-4-12-28-51)52-29-13-5-14-30-52/h2-47H,1H3. The lowest BCUT2D eigenvalue weighted by Crippen LogP contribution is -2.29. The van der Waals surface area contributed by atoms with Gasteiger partial charge in [0.2, 0.25) is 0 Å². The Labute approximate surface area is 411 Å². The molecule has 0 spiro atoms. The van der Waals surface area contributed by atoms with Gasteiger partial charge in [-0.3, -0.25) is 0 Å². The lowest BCUT2D eigenvalue weighted by molar-refractivity contribution is 0.716. The normalized spacial score (nSPS) is 14.8. The Kier molecular flexibility index (Phi) is 9.92. The van der Waals surface area contributed by atoms with Gasteiger partial charge in [-0.25, -0.2) is 0 Å². The van der Waals surface area contributed by atoms with E-state index in [9.17, 15) is 0 Å². The number of hydrogen-bond donors (Lipinski definition) is 0. The van der Waals surface area contributed by atoms with Gasteiger partial charge in [-0.1, -0.05) is 243 Å². The molecule has 0 aromatic heterocycles. The minimum atomic E-state index is -0.570. The zero-order valence-electron chi connectivity index (χ0n) is 39.0. The molecule has 1 heteroatoms. The second kappa shape index (κ2) is 16.8. The first-order chi connectivity index (χ1) is 34.6. The second-order valence-electron chi connectivity index (χ2n) is 18.8. The maximum absolute atomic E-state index is 2.44. The maximum Gasteiger partial charge on any atom is 0.0719 e. The van der Waals surface area contributed by atoms with E-state index in [1.54, 1.807) is 0 Å². The van der Waals surface area contributed by atoms with E-state index < -0.39 is 5.41 Å². The highest BCUT2D eigenvalue weighted by Gasteiger charge is 2.48. The Morgan fingerprint density at radius 2 is 0.671 bits per heavy atom. The largest absolute Gasteiger partial charge is 0.310 e. The zero-order valence-corrected chi connectivity index (χ0v) is 39.0. The molecule has 330 valence electrons. The average molecular weight is 892 g/mol. The fraction of sp³-hybridized carbons (Fsp3) is 0.0435. The van der Waals surface area contributed by atoms with Crippen LogP contribution in [0.3, 0.4) is 0 Å². The number of benzene rings is 11. The summed E-state index contributed by atoms with van der Waals surface area (Å²) in [7, 11) is 0. The molecular weight excluding hydrogens is 843 g/mol. The van der Waals surface area contributed by atoms with Crippen molar-refractivity contribution in [1.29, 1.82) is 0 Å². The van der Waals surface area contributed by atoms with Crippen molar-refractivity contribution in [3.05, 3.63) is 318 Å². The third kappa shape index (κ3) is 6.32. The molecule has 0 amide bonds. The first-order valence-electron chi connectivity index (χ1n) is 24.4. The van der Waals surface area contributed by atoms with Gasteiger partial charge in [-0.2, -0.15) is 0 Å². The highest BCUT2D eigenvalue weighted by Crippen LogP contribution is 2.60. The number of hydrogen-bond acceptors (Lipinski definition) is 1. The number of nitrogens with zero attached hydrogens (tertiary/aromatic N) is 1. The van der Waals surface area contributed by atoms with Crippen LogP contribution in [0.2, 0.25) is 0 Å². The highest BCUT2D eigenvalue weighted by molar-refractivity contribution is 5.98. The van der Waals surface area contributed by atoms with Crippen LogP contribution in [0, 0.1) is 0 Å². The minimum Gasteiger partial charge on any atom is -0.310 e. The average Bonchev–Trinajstić information content (AvgIpc) is 3.90. The summed E-state index contributed by atoms with van der Waals surface area (Å²) in [5.74, 6) is 0. The summed E-state index contributed by atoms with van der Waals surface area (Å²) >= 11 is 0. The topological polar surface area (TPSA) is 3.24 Å². The van der Waals surface area contributed by atoms with Gasteiger partial charge in [0.1, 0.15) is 0 Å². The Hall–Kier alpha value is -8.78. The molecule has 11 aromatic carbocycles. The predicted octanol–water partition coefficient (Wildman–Crippen LogP) is 17.9. The van der Waals surface area contributed by atoms with Crippen LogP contribution in [0.1, 0.15) is 45.9 Å². The quantitative estimate of drug-likeness (QED) is 0.140. The molecular formula is C69H49N. The Balaban J connectivity index is 1.01. The zero-order chi connectivity index (χ0) is 46.7. The van der Waals surface area contributed by atoms with Crippen molar-refractivity contribution in [2.75, 3.05) is 4.90 Å². The van der Waals surface area contributed by atoms with E-state index in [1.807, 2.05) is 0 Å². The van der Waals surface area contributed by atoms with Gasteiger partial charge in [0.05, 0.1) is 5.41 Å². The van der Waals surface area contributed by atoms with Crippen LogP contribution in [0.4, 0.5) is 17.1 Å². The van der Waals surface area contributed by atoms with Crippen LogP contribution in [0.25, 0.3) is 55.6 Å². The van der Waals surface area contributed by atoms with Crippen LogP contribution in [-0.4, -0.2) is 0 Å². The molecule has 13 rings (SSSR count). The summed E-state index contributed by atoms with van der Waals surface area (Å²) < 4.78 is 0. The summed E-state index contributed by atoms with van der Waals surface area (Å²) in [5.41, 5.74) is 23.9. The second-order valence-corrected chi connectivity index (χ2v) is 18.8. The molecule has 0 saturated carbocycles. The first-order valence-corrected chi connectivity index (χ1v) is 24.4. The van der Waals surface area contributed by atoms with Gasteiger partial charge >= 0.3 is 0 Å². The van der Waals surface area contributed by atoms with Gasteiger partial charge in [0, 0.05) is 22.5 Å². The summed E-state index contributed by atoms with van der Waals surface area (Å²) in [5, 5.41) is 0. The number of para-hydroxylation sites is 1. The fourth-order valence-corrected chi connectivity index (χ4v) is 12.2. The van der Waals surface area contributed by atoms with E-state index in [-0.39, 0.29) is 5.41 Å². The van der Waals surface area contributed by atoms with E-state index >= 15 is 0 Å². The van der Waals surface area contributed by atoms with E-state index in [0.29, 0.717) is 0 Å². The third-order valence-electron chi connectivity index (χ3n) is 15.2. The molecule has 0 aliphatic heterocycles. The minimum absolute atomic E-state index is 0.312. The molecule has 0 radical (unpaired) electrons. The monoisotopic (exact) mass is 891 g/mol. The molecule has 0 heterocycles. The van der Waals surface area contributed by atoms with Gasteiger partial charge in [0.25, 0.3) is 0 Å². The van der Waals surface area contributed by atoms with E-state index in [1.165, 1.54) is 94.6 Å². The van der Waals surface area contributed by atoms with Crippen molar-refractivity contribution in [3.8, 4) is 55.6 Å². The Morgan fingerprint density at radius 3 is 1.29 bits per heavy atom. The van der Waals surface area contributed by atoms with Crippen molar-refractivity contribution in [1.82, 2.24) is 0 Å². The predicted molar refractivity (Wildman–Crippen MR) is 292 cm³/mol. The van der Waals surface area contributed by atoms with Gasteiger partial charge in [-0.15, -0.1) is 0 Å². The van der Waals surface area contributed by atoms with E-state index in [4.69, 9.17) is 0 Å². The molecule has 1 nitrogen and oxygen atoms in total. The van der Waals surface area contributed by atoms with Gasteiger partial charge < -0.3 is 4.90 Å². The Bertz CT molecular complexity index is 3650. The molecule has 0 saturated heterocycles. The lowest BCUT2D eigenvalue weighted by atomic mass is 9.66. The van der Waals surface area contributed by atoms with Crippen molar-refractivity contribution < 1.29 is 0 Å². The molecule has 0 N–H and O–H groups in total. The van der Waals surface area contributed by atoms with Crippen molar-refractivity contribution in [2.45, 2.75) is 17.8 Å². The molecule has 0 bridgehead atoms. The van der Waals surface area contributed by atoms with Gasteiger partial charge in [-0.05, 0) is 138 Å². The fourth-order valence-electron chi connectivity index (χ4n) is 12.2. The van der Waals surface area contributed by atoms with Crippen molar-refractivity contribution in [2.24, 2.45) is 0 Å². The summed E-state index contributed by atoms with van der Waals surface area (Å²) in [4.78, 5) is 2.42. The third-order valence-corrected chi connectivity index (χ3v) is 15.2. The van der Waals surface area contributed by atoms with Crippen molar-refractivity contribution >= 4 is 17.1 Å². The maximum atomic E-state index is 2.44. The smallest absolute Gasteiger partial charge is 0.0719 e. The van der Waals surface area contributed by atoms with E-state index in [2.05, 4.69) is 291 Å². The number of rotatable bonds is 9. The molecule has 2 aliphatic rings. The molecule has 1 atom stereocenters. The summed E-state index contributed by atoms with van der Waals surface area (Å²) in [6, 6.07) is 103. The summed E-state index contributed by atoms with van der Waals surface area (Å²) in [6.07, 6.45) is 0. The van der Waals surface area contributed by atoms with Crippen LogP contribution in [0.5, 0.6) is 0 Å². The molecule has 70 heavy (non-hydrogen) atoms. The number of fused-ring (bicyclic) bond motifs is 6. The Morgan fingerprint density at radius 1 is 0.257 bits per heavy atom. The molecule has 11 aromatic rings. The first kappa shape index (κ1) is 41.4. The molecule has 2 aliphatic carbocycles. The lowest BCUT2D eigenvalue weighted by Gasteiger charge is -2.35. The van der Waals surface area contributed by atoms with Crippen LogP contribution in [0.15, 0.2) is 279 Å². The van der Waals surface area contributed by atoms with E-state index in [0.717, 1.165) is 17.1 Å². The van der Waals surface area contributed by atoms with Crippen molar-refractivity contribution in [3.63, 3.8) is 0 Å². The summed E-state index contributed by atoms with van der Waals surface area (Å²) in [6.45, 7) is 2.41. The molecule has 0 fully saturated rings.